The number of aromatic nitrogens is 3. The Kier molecular flexibility index (Phi) is 5.11. The first kappa shape index (κ1) is 20.2. The van der Waals surface area contributed by atoms with Crippen LogP contribution in [0.25, 0.3) is 16.9 Å². The summed E-state index contributed by atoms with van der Waals surface area (Å²) in [7, 11) is 0. The first-order chi connectivity index (χ1) is 15.5. The van der Waals surface area contributed by atoms with Gasteiger partial charge in [-0.2, -0.15) is 5.26 Å². The quantitative estimate of drug-likeness (QED) is 0.690. The standard InChI is InChI=1S/C24H24N6O2/c1-16-12-17(13-25)2-4-20(16)21-15-27-30(24(21)32)22-5-3-18(14-26-22)23(31)29-11-10-28-8-6-19(29)7-9-28/h2-5,12,14-15,19,27H,6-11H2,1H3. The number of nitriles is 1. The van der Waals surface area contributed by atoms with Crippen LogP contribution < -0.4 is 5.56 Å². The van der Waals surface area contributed by atoms with Gasteiger partial charge in [0.2, 0.25) is 0 Å². The number of nitrogens with zero attached hydrogens (tertiary/aromatic N) is 5. The minimum absolute atomic E-state index is 0.00512. The van der Waals surface area contributed by atoms with Crippen LogP contribution in [0, 0.1) is 18.3 Å². The van der Waals surface area contributed by atoms with Crippen LogP contribution in [-0.4, -0.2) is 62.7 Å². The molecule has 1 aromatic carbocycles. The van der Waals surface area contributed by atoms with Gasteiger partial charge in [0.25, 0.3) is 11.5 Å². The number of hydrogen-bond donors (Lipinski definition) is 1. The van der Waals surface area contributed by atoms with Crippen LogP contribution in [0.15, 0.2) is 47.5 Å². The lowest BCUT2D eigenvalue weighted by atomic mass is 10.0. The van der Waals surface area contributed by atoms with Gasteiger partial charge in [-0.15, -0.1) is 0 Å². The highest BCUT2D eigenvalue weighted by molar-refractivity contribution is 5.94. The highest BCUT2D eigenvalue weighted by atomic mass is 16.2. The summed E-state index contributed by atoms with van der Waals surface area (Å²) in [6, 6.07) is 11.1. The largest absolute Gasteiger partial charge is 0.334 e. The number of nitrogens with one attached hydrogen (secondary N) is 1. The van der Waals surface area contributed by atoms with Gasteiger partial charge in [0.15, 0.2) is 5.82 Å². The molecule has 5 heterocycles. The molecular formula is C24H24N6O2. The van der Waals surface area contributed by atoms with E-state index in [1.807, 2.05) is 11.8 Å². The van der Waals surface area contributed by atoms with E-state index < -0.39 is 0 Å². The molecule has 32 heavy (non-hydrogen) atoms. The molecule has 162 valence electrons. The molecule has 8 heteroatoms. The predicted octanol–water partition coefficient (Wildman–Crippen LogP) is 2.33. The molecule has 2 aromatic heterocycles. The zero-order valence-corrected chi connectivity index (χ0v) is 17.9. The third-order valence-electron chi connectivity index (χ3n) is 6.56. The van der Waals surface area contributed by atoms with Crippen LogP contribution >= 0.6 is 0 Å². The second-order valence-corrected chi connectivity index (χ2v) is 8.45. The number of rotatable bonds is 3. The number of amides is 1. The average Bonchev–Trinajstić information content (AvgIpc) is 2.98. The van der Waals surface area contributed by atoms with Crippen LogP contribution in [-0.2, 0) is 0 Å². The fourth-order valence-electron chi connectivity index (χ4n) is 4.73. The molecule has 0 aliphatic carbocycles. The van der Waals surface area contributed by atoms with Gasteiger partial charge in [0, 0.05) is 44.6 Å². The van der Waals surface area contributed by atoms with Crippen molar-refractivity contribution in [2.24, 2.45) is 0 Å². The fourth-order valence-corrected chi connectivity index (χ4v) is 4.73. The molecule has 2 bridgehead atoms. The maximum atomic E-state index is 13.1. The summed E-state index contributed by atoms with van der Waals surface area (Å²) in [5.74, 6) is 0.428. The van der Waals surface area contributed by atoms with Crippen molar-refractivity contribution >= 4 is 5.91 Å². The molecule has 0 atom stereocenters. The molecule has 1 amide bonds. The molecule has 3 fully saturated rings. The van der Waals surface area contributed by atoms with Crippen molar-refractivity contribution in [3.05, 3.63) is 69.8 Å². The summed E-state index contributed by atoms with van der Waals surface area (Å²) in [5.41, 5.74) is 2.98. The minimum Gasteiger partial charge on any atom is -0.334 e. The van der Waals surface area contributed by atoms with E-state index in [1.54, 1.807) is 42.7 Å². The summed E-state index contributed by atoms with van der Waals surface area (Å²) < 4.78 is 1.36. The highest BCUT2D eigenvalue weighted by Crippen LogP contribution is 2.23. The molecule has 3 aliphatic heterocycles. The predicted molar refractivity (Wildman–Crippen MR) is 120 cm³/mol. The number of carbonyl (C=O) groups excluding carboxylic acids is 1. The van der Waals surface area contributed by atoms with Crippen LogP contribution in [0.5, 0.6) is 0 Å². The van der Waals surface area contributed by atoms with Gasteiger partial charge in [-0.05, 0) is 55.2 Å². The molecule has 3 saturated heterocycles. The van der Waals surface area contributed by atoms with Crippen molar-refractivity contribution in [1.29, 1.82) is 5.26 Å². The topological polar surface area (TPSA) is 98.0 Å². The second kappa shape index (κ2) is 8.09. The van der Waals surface area contributed by atoms with E-state index in [2.05, 4.69) is 21.1 Å². The van der Waals surface area contributed by atoms with Gasteiger partial charge >= 0.3 is 0 Å². The number of benzene rings is 1. The Balaban J connectivity index is 1.40. The molecular weight excluding hydrogens is 404 g/mol. The number of pyridine rings is 1. The molecule has 6 rings (SSSR count). The molecule has 8 nitrogen and oxygen atoms in total. The third kappa shape index (κ3) is 3.51. The molecule has 0 radical (unpaired) electrons. The Morgan fingerprint density at radius 3 is 2.62 bits per heavy atom. The van der Waals surface area contributed by atoms with E-state index in [4.69, 9.17) is 5.26 Å². The van der Waals surface area contributed by atoms with Gasteiger partial charge < -0.3 is 9.80 Å². The highest BCUT2D eigenvalue weighted by Gasteiger charge is 2.32. The monoisotopic (exact) mass is 428 g/mol. The lowest BCUT2D eigenvalue weighted by Crippen LogP contribution is -2.41. The van der Waals surface area contributed by atoms with Crippen molar-refractivity contribution in [2.45, 2.75) is 25.8 Å². The average molecular weight is 428 g/mol. The van der Waals surface area contributed by atoms with E-state index in [-0.39, 0.29) is 11.5 Å². The number of piperidine rings is 1. The number of aryl methyl sites for hydroxylation is 1. The summed E-state index contributed by atoms with van der Waals surface area (Å²) in [6.45, 7) is 5.65. The van der Waals surface area contributed by atoms with Gasteiger partial charge in [0.05, 0.1) is 22.8 Å². The van der Waals surface area contributed by atoms with E-state index >= 15 is 0 Å². The summed E-state index contributed by atoms with van der Waals surface area (Å²) >= 11 is 0. The Bertz CT molecular complexity index is 1260. The Labute approximate surface area is 185 Å². The Hall–Kier alpha value is -3.70. The molecule has 3 aromatic rings. The minimum atomic E-state index is -0.233. The lowest BCUT2D eigenvalue weighted by Gasteiger charge is -2.31. The smallest absolute Gasteiger partial charge is 0.280 e. The van der Waals surface area contributed by atoms with Gasteiger partial charge in [-0.3, -0.25) is 14.7 Å². The van der Waals surface area contributed by atoms with Crippen molar-refractivity contribution in [3.63, 3.8) is 0 Å². The van der Waals surface area contributed by atoms with E-state index in [0.29, 0.717) is 28.6 Å². The van der Waals surface area contributed by atoms with Gasteiger partial charge in [-0.25, -0.2) is 9.67 Å². The number of fused-ring (bicyclic) bond motifs is 4. The van der Waals surface area contributed by atoms with E-state index in [9.17, 15) is 9.59 Å². The molecule has 0 saturated carbocycles. The first-order valence-corrected chi connectivity index (χ1v) is 10.9. The molecule has 1 N–H and O–H groups in total. The van der Waals surface area contributed by atoms with Crippen LogP contribution in [0.2, 0.25) is 0 Å². The normalized spacial score (nSPS) is 20.1. The summed E-state index contributed by atoms with van der Waals surface area (Å²) in [6.07, 6.45) is 5.23. The number of aromatic amines is 1. The zero-order valence-electron chi connectivity index (χ0n) is 17.9. The van der Waals surface area contributed by atoms with Crippen LogP contribution in [0.1, 0.15) is 34.3 Å². The van der Waals surface area contributed by atoms with E-state index in [0.717, 1.165) is 50.1 Å². The van der Waals surface area contributed by atoms with Gasteiger partial charge in [0.1, 0.15) is 0 Å². The summed E-state index contributed by atoms with van der Waals surface area (Å²) in [5, 5.41) is 12.0. The fraction of sp³-hybridized carbons (Fsp3) is 0.333. The van der Waals surface area contributed by atoms with E-state index in [1.165, 1.54) is 4.68 Å². The van der Waals surface area contributed by atoms with Crippen molar-refractivity contribution in [3.8, 4) is 23.0 Å². The molecule has 3 aliphatic rings. The lowest BCUT2D eigenvalue weighted by molar-refractivity contribution is 0.0684. The first-order valence-electron chi connectivity index (χ1n) is 10.9. The maximum absolute atomic E-state index is 13.1. The molecule has 0 spiro atoms. The Morgan fingerprint density at radius 2 is 1.94 bits per heavy atom. The SMILES string of the molecule is Cc1cc(C#N)ccc1-c1c[nH]n(-c2ccc(C(=O)N3CCN4CCC3CC4)cn2)c1=O. The number of H-pyrrole nitrogens is 1. The summed E-state index contributed by atoms with van der Waals surface area (Å²) in [4.78, 5) is 34.9. The van der Waals surface area contributed by atoms with Crippen molar-refractivity contribution in [1.82, 2.24) is 24.6 Å². The Morgan fingerprint density at radius 1 is 1.12 bits per heavy atom. The van der Waals surface area contributed by atoms with Crippen molar-refractivity contribution in [2.75, 3.05) is 26.2 Å². The van der Waals surface area contributed by atoms with Crippen LogP contribution in [0.4, 0.5) is 0 Å². The van der Waals surface area contributed by atoms with Crippen LogP contribution in [0.3, 0.4) is 0 Å². The van der Waals surface area contributed by atoms with Crippen molar-refractivity contribution < 1.29 is 4.79 Å². The zero-order chi connectivity index (χ0) is 22.2. The van der Waals surface area contributed by atoms with Gasteiger partial charge in [-0.1, -0.05) is 6.07 Å². The maximum Gasteiger partial charge on any atom is 0.280 e. The third-order valence-corrected chi connectivity index (χ3v) is 6.56. The second-order valence-electron chi connectivity index (χ2n) is 8.45. The molecule has 0 unspecified atom stereocenters. The number of carbonyl (C=O) groups is 1. The number of hydrogen-bond acceptors (Lipinski definition) is 5.